The average molecular weight is 168 g/mol. The third kappa shape index (κ3) is 3.94. The molecule has 0 nitrogen and oxygen atoms in total. The van der Waals surface area contributed by atoms with Crippen LogP contribution < -0.4 is 0 Å². The fourth-order valence-corrected chi connectivity index (χ4v) is 1.58. The van der Waals surface area contributed by atoms with Crippen molar-refractivity contribution in [3.8, 4) is 0 Å². The van der Waals surface area contributed by atoms with Crippen molar-refractivity contribution in [2.75, 3.05) is 0 Å². The first-order chi connectivity index (χ1) is 5.63. The third-order valence-corrected chi connectivity index (χ3v) is 3.27. The number of hydrogen-bond donors (Lipinski definition) is 0. The van der Waals surface area contributed by atoms with Gasteiger partial charge in [0.15, 0.2) is 0 Å². The second kappa shape index (κ2) is 6.28. The predicted octanol–water partition coefficient (Wildman–Crippen LogP) is 4.27. The molecule has 72 valence electrons. The van der Waals surface area contributed by atoms with Gasteiger partial charge in [-0.05, 0) is 30.6 Å². The standard InChI is InChI=1S/C12H24/c1-6-8-9-11(4)12(5)10(3)7-2/h6,10-12H,1,7-9H2,2-5H3. The van der Waals surface area contributed by atoms with Crippen LogP contribution in [0.4, 0.5) is 0 Å². The zero-order chi connectivity index (χ0) is 9.56. The fourth-order valence-electron chi connectivity index (χ4n) is 1.58. The normalized spacial score (nSPS) is 18.3. The highest BCUT2D eigenvalue weighted by Crippen LogP contribution is 2.26. The summed E-state index contributed by atoms with van der Waals surface area (Å²) in [6, 6.07) is 0. The lowest BCUT2D eigenvalue weighted by molar-refractivity contribution is 0.261. The average Bonchev–Trinajstić information content (AvgIpc) is 2.11. The Morgan fingerprint density at radius 2 is 1.75 bits per heavy atom. The van der Waals surface area contributed by atoms with Crippen molar-refractivity contribution >= 4 is 0 Å². The minimum Gasteiger partial charge on any atom is -0.103 e. The van der Waals surface area contributed by atoms with E-state index in [0.29, 0.717) is 0 Å². The minimum atomic E-state index is 0.845. The van der Waals surface area contributed by atoms with Crippen LogP contribution in [0.3, 0.4) is 0 Å². The number of rotatable bonds is 6. The topological polar surface area (TPSA) is 0 Å². The van der Waals surface area contributed by atoms with Crippen molar-refractivity contribution in [1.29, 1.82) is 0 Å². The van der Waals surface area contributed by atoms with Gasteiger partial charge in [-0.1, -0.05) is 40.2 Å². The van der Waals surface area contributed by atoms with Crippen LogP contribution in [0.25, 0.3) is 0 Å². The van der Waals surface area contributed by atoms with Gasteiger partial charge in [0.25, 0.3) is 0 Å². The highest BCUT2D eigenvalue weighted by molar-refractivity contribution is 4.72. The van der Waals surface area contributed by atoms with Crippen molar-refractivity contribution in [2.45, 2.75) is 47.0 Å². The van der Waals surface area contributed by atoms with E-state index in [9.17, 15) is 0 Å². The van der Waals surface area contributed by atoms with Gasteiger partial charge in [0, 0.05) is 0 Å². The van der Waals surface area contributed by atoms with Crippen LogP contribution in [-0.2, 0) is 0 Å². The zero-order valence-corrected chi connectivity index (χ0v) is 9.14. The summed E-state index contributed by atoms with van der Waals surface area (Å²) >= 11 is 0. The Balaban J connectivity index is 3.74. The minimum absolute atomic E-state index is 0.845. The fraction of sp³-hybridized carbons (Fsp3) is 0.833. The van der Waals surface area contributed by atoms with E-state index in [1.165, 1.54) is 19.3 Å². The van der Waals surface area contributed by atoms with Gasteiger partial charge in [0.1, 0.15) is 0 Å². The largest absolute Gasteiger partial charge is 0.103 e. The lowest BCUT2D eigenvalue weighted by atomic mass is 9.81. The van der Waals surface area contributed by atoms with E-state index in [1.54, 1.807) is 0 Å². The van der Waals surface area contributed by atoms with Crippen LogP contribution in [0.2, 0.25) is 0 Å². The van der Waals surface area contributed by atoms with Crippen molar-refractivity contribution in [2.24, 2.45) is 17.8 Å². The van der Waals surface area contributed by atoms with E-state index in [4.69, 9.17) is 0 Å². The Labute approximate surface area is 78.1 Å². The van der Waals surface area contributed by atoms with Gasteiger partial charge >= 0.3 is 0 Å². The molecule has 0 rings (SSSR count). The monoisotopic (exact) mass is 168 g/mol. The molecule has 0 saturated heterocycles. The number of hydrogen-bond acceptors (Lipinski definition) is 0. The van der Waals surface area contributed by atoms with Gasteiger partial charge in [-0.15, -0.1) is 6.58 Å². The molecule has 0 fully saturated rings. The van der Waals surface area contributed by atoms with Crippen LogP contribution in [0.15, 0.2) is 12.7 Å². The first kappa shape index (κ1) is 11.7. The lowest BCUT2D eigenvalue weighted by Crippen LogP contribution is -2.15. The Kier molecular flexibility index (Phi) is 6.14. The maximum atomic E-state index is 3.76. The molecule has 12 heavy (non-hydrogen) atoms. The van der Waals surface area contributed by atoms with Gasteiger partial charge in [-0.2, -0.15) is 0 Å². The molecule has 0 aliphatic carbocycles. The van der Waals surface area contributed by atoms with Crippen LogP contribution in [0, 0.1) is 17.8 Å². The summed E-state index contributed by atoms with van der Waals surface area (Å²) in [6.07, 6.45) is 5.80. The molecule has 3 unspecified atom stereocenters. The molecule has 0 aromatic carbocycles. The summed E-state index contributed by atoms with van der Waals surface area (Å²) in [5.74, 6) is 2.57. The van der Waals surface area contributed by atoms with Gasteiger partial charge < -0.3 is 0 Å². The Morgan fingerprint density at radius 3 is 2.17 bits per heavy atom. The summed E-state index contributed by atoms with van der Waals surface area (Å²) < 4.78 is 0. The van der Waals surface area contributed by atoms with Crippen molar-refractivity contribution in [3.05, 3.63) is 12.7 Å². The molecule has 0 radical (unpaired) electrons. The Bertz CT molecular complexity index is 115. The molecule has 0 heterocycles. The van der Waals surface area contributed by atoms with Crippen LogP contribution in [0.1, 0.15) is 47.0 Å². The molecule has 0 bridgehead atoms. The molecule has 0 amide bonds. The van der Waals surface area contributed by atoms with Crippen molar-refractivity contribution in [3.63, 3.8) is 0 Å². The van der Waals surface area contributed by atoms with Gasteiger partial charge in [-0.3, -0.25) is 0 Å². The first-order valence-electron chi connectivity index (χ1n) is 5.24. The molecule has 0 aromatic rings. The van der Waals surface area contributed by atoms with Crippen molar-refractivity contribution in [1.82, 2.24) is 0 Å². The maximum Gasteiger partial charge on any atom is -0.0351 e. The molecule has 0 aliphatic rings. The third-order valence-electron chi connectivity index (χ3n) is 3.27. The SMILES string of the molecule is C=CCCC(C)C(C)C(C)CC. The summed E-state index contributed by atoms with van der Waals surface area (Å²) in [7, 11) is 0. The van der Waals surface area contributed by atoms with Crippen LogP contribution in [0.5, 0.6) is 0 Å². The number of allylic oxidation sites excluding steroid dienone is 1. The Morgan fingerprint density at radius 1 is 1.17 bits per heavy atom. The molecular weight excluding hydrogens is 144 g/mol. The quantitative estimate of drug-likeness (QED) is 0.519. The molecular formula is C12H24. The van der Waals surface area contributed by atoms with E-state index < -0.39 is 0 Å². The summed E-state index contributed by atoms with van der Waals surface area (Å²) in [4.78, 5) is 0. The van der Waals surface area contributed by atoms with Gasteiger partial charge in [0.05, 0.1) is 0 Å². The smallest absolute Gasteiger partial charge is 0.0351 e. The van der Waals surface area contributed by atoms with E-state index in [2.05, 4.69) is 34.3 Å². The summed E-state index contributed by atoms with van der Waals surface area (Å²) in [5, 5.41) is 0. The lowest BCUT2D eigenvalue weighted by Gasteiger charge is -2.24. The molecule has 0 N–H and O–H groups in total. The first-order valence-corrected chi connectivity index (χ1v) is 5.24. The second-order valence-electron chi connectivity index (χ2n) is 4.09. The molecule has 0 saturated carbocycles. The van der Waals surface area contributed by atoms with E-state index >= 15 is 0 Å². The van der Waals surface area contributed by atoms with Crippen molar-refractivity contribution < 1.29 is 0 Å². The summed E-state index contributed by atoms with van der Waals surface area (Å²) in [6.45, 7) is 13.1. The zero-order valence-electron chi connectivity index (χ0n) is 9.14. The van der Waals surface area contributed by atoms with E-state index in [0.717, 1.165) is 17.8 Å². The molecule has 0 spiro atoms. The van der Waals surface area contributed by atoms with E-state index in [1.807, 2.05) is 6.08 Å². The maximum absolute atomic E-state index is 3.76. The Hall–Kier alpha value is -0.260. The highest BCUT2D eigenvalue weighted by Gasteiger charge is 2.16. The molecule has 0 heteroatoms. The molecule has 0 aliphatic heterocycles. The van der Waals surface area contributed by atoms with E-state index in [-0.39, 0.29) is 0 Å². The second-order valence-corrected chi connectivity index (χ2v) is 4.09. The molecule has 3 atom stereocenters. The molecule has 0 aromatic heterocycles. The van der Waals surface area contributed by atoms with Crippen LogP contribution in [-0.4, -0.2) is 0 Å². The van der Waals surface area contributed by atoms with Crippen LogP contribution >= 0.6 is 0 Å². The predicted molar refractivity (Wildman–Crippen MR) is 57.2 cm³/mol. The highest BCUT2D eigenvalue weighted by atomic mass is 14.2. The summed E-state index contributed by atoms with van der Waals surface area (Å²) in [5.41, 5.74) is 0. The van der Waals surface area contributed by atoms with Gasteiger partial charge in [-0.25, -0.2) is 0 Å². The van der Waals surface area contributed by atoms with Gasteiger partial charge in [0.2, 0.25) is 0 Å².